The number of Topliss-reactive ketones (excluding diaryl/α,β-unsaturated/α-hetero) is 1. The van der Waals surface area contributed by atoms with Crippen molar-refractivity contribution in [2.75, 3.05) is 7.11 Å². The number of alkyl halides is 3. The molecular formula is C32H21F5KN4O6S. The second-order valence-corrected chi connectivity index (χ2v) is 11.7. The molecule has 3 aromatic heterocycles. The van der Waals surface area contributed by atoms with Gasteiger partial charge in [-0.3, -0.25) is 28.2 Å². The second-order valence-electron chi connectivity index (χ2n) is 10.5. The van der Waals surface area contributed by atoms with E-state index in [0.29, 0.717) is 21.7 Å². The first-order valence-electron chi connectivity index (χ1n) is 14.0. The number of aromatic nitrogens is 4. The van der Waals surface area contributed by atoms with Crippen LogP contribution >= 0.6 is 11.3 Å². The van der Waals surface area contributed by atoms with Gasteiger partial charge in [-0.25, -0.2) is 18.4 Å². The molecule has 0 unspecified atom stereocenters. The molecule has 0 amide bonds. The summed E-state index contributed by atoms with van der Waals surface area (Å²) < 4.78 is 82.2. The van der Waals surface area contributed by atoms with Crippen molar-refractivity contribution in [1.29, 1.82) is 0 Å². The Labute approximate surface area is 318 Å². The third-order valence-corrected chi connectivity index (χ3v) is 8.58. The predicted molar refractivity (Wildman–Crippen MR) is 170 cm³/mol. The summed E-state index contributed by atoms with van der Waals surface area (Å²) in [5, 5.41) is 3.30. The van der Waals surface area contributed by atoms with E-state index in [1.807, 2.05) is 0 Å². The molecule has 247 valence electrons. The fourth-order valence-electron chi connectivity index (χ4n) is 5.18. The molecule has 0 aliphatic carbocycles. The van der Waals surface area contributed by atoms with Crippen molar-refractivity contribution in [3.05, 3.63) is 126 Å². The smallest absolute Gasteiger partial charge is 0.439 e. The molecule has 0 spiro atoms. The Morgan fingerprint density at radius 1 is 0.959 bits per heavy atom. The van der Waals surface area contributed by atoms with Gasteiger partial charge < -0.3 is 4.74 Å². The van der Waals surface area contributed by atoms with Crippen LogP contribution in [0.25, 0.3) is 32.7 Å². The monoisotopic (exact) mass is 723 g/mol. The van der Waals surface area contributed by atoms with E-state index in [-0.39, 0.29) is 94.6 Å². The van der Waals surface area contributed by atoms with Gasteiger partial charge in [0.1, 0.15) is 22.2 Å². The van der Waals surface area contributed by atoms with E-state index in [4.69, 9.17) is 4.74 Å². The van der Waals surface area contributed by atoms with Gasteiger partial charge in [0, 0.05) is 73.0 Å². The van der Waals surface area contributed by atoms with E-state index < -0.39 is 65.7 Å². The number of carbonyl (C=O) groups is 1. The number of aromatic amines is 1. The largest absolute Gasteiger partial charge is 0.497 e. The number of hydrogen-bond donors (Lipinski definition) is 1. The maximum atomic E-state index is 15.7. The standard InChI is InChI=1S/C32H21F5N4O6S.K/c1-46-18-8-6-16(7-9-18)26(42)15-40-28(43)22-12-19(13-32(35,36)37)48-29(22)41(31(40)45)14-23-24(33)10-17(11-25(23)34)20-4-2-3-5-21(20)27-38-30(44)47-39-27;/h2-12H,13-15H2,1H3,(H,38,39,44);. The van der Waals surface area contributed by atoms with Crippen LogP contribution in [0, 0.1) is 11.6 Å². The first kappa shape index (κ1) is 36.3. The number of ether oxygens (including phenoxy) is 1. The summed E-state index contributed by atoms with van der Waals surface area (Å²) in [7, 11) is 1.42. The van der Waals surface area contributed by atoms with Crippen molar-refractivity contribution in [1.82, 2.24) is 19.3 Å². The number of nitrogens with one attached hydrogen (secondary N) is 1. The van der Waals surface area contributed by atoms with Crippen LogP contribution in [-0.4, -0.2) is 89.7 Å². The molecule has 3 aromatic carbocycles. The number of hydrogen-bond acceptors (Lipinski definition) is 8. The molecule has 0 atom stereocenters. The van der Waals surface area contributed by atoms with E-state index in [1.54, 1.807) is 12.1 Å². The number of carbonyl (C=O) groups excluding carboxylic acids is 1. The third kappa shape index (κ3) is 7.61. The number of halogens is 5. The maximum Gasteiger partial charge on any atom is 0.439 e. The average Bonchev–Trinajstić information content (AvgIpc) is 3.67. The Hall–Kier alpha value is -4.00. The number of nitrogens with zero attached hydrogens (tertiary/aromatic N) is 3. The van der Waals surface area contributed by atoms with Crippen LogP contribution in [0.4, 0.5) is 22.0 Å². The fourth-order valence-corrected chi connectivity index (χ4v) is 6.35. The van der Waals surface area contributed by atoms with Gasteiger partial charge in [0.2, 0.25) is 0 Å². The number of fused-ring (bicyclic) bond motifs is 1. The maximum absolute atomic E-state index is 15.7. The Morgan fingerprint density at radius 2 is 1.61 bits per heavy atom. The van der Waals surface area contributed by atoms with Crippen LogP contribution in [-0.2, 0) is 19.5 Å². The molecule has 1 N–H and O–H groups in total. The second kappa shape index (κ2) is 14.5. The average molecular weight is 724 g/mol. The first-order valence-corrected chi connectivity index (χ1v) is 14.8. The van der Waals surface area contributed by atoms with E-state index in [1.165, 1.54) is 43.5 Å². The van der Waals surface area contributed by atoms with Gasteiger partial charge in [-0.15, -0.1) is 11.3 Å². The van der Waals surface area contributed by atoms with Crippen molar-refractivity contribution in [2.45, 2.75) is 25.7 Å². The molecule has 17 heteroatoms. The first-order chi connectivity index (χ1) is 22.8. The van der Waals surface area contributed by atoms with Crippen LogP contribution in [0.3, 0.4) is 0 Å². The Bertz CT molecular complexity index is 2350. The molecule has 49 heavy (non-hydrogen) atoms. The molecule has 0 aliphatic heterocycles. The molecule has 3 heterocycles. The molecule has 6 aromatic rings. The van der Waals surface area contributed by atoms with Crippen LogP contribution in [0.5, 0.6) is 5.75 Å². The normalized spacial score (nSPS) is 11.5. The predicted octanol–water partition coefficient (Wildman–Crippen LogP) is 5.18. The van der Waals surface area contributed by atoms with Crippen molar-refractivity contribution < 1.29 is 36.0 Å². The minimum Gasteiger partial charge on any atom is -0.497 e. The quantitative estimate of drug-likeness (QED) is 0.124. The van der Waals surface area contributed by atoms with E-state index >= 15 is 8.78 Å². The number of H-pyrrole nitrogens is 1. The van der Waals surface area contributed by atoms with Gasteiger partial charge in [-0.1, -0.05) is 29.4 Å². The molecule has 0 bridgehead atoms. The van der Waals surface area contributed by atoms with Crippen LogP contribution in [0.15, 0.2) is 85.6 Å². The van der Waals surface area contributed by atoms with Crippen molar-refractivity contribution in [2.24, 2.45) is 0 Å². The van der Waals surface area contributed by atoms with Crippen molar-refractivity contribution >= 4 is 78.7 Å². The Kier molecular flexibility index (Phi) is 10.7. The molecule has 1 radical (unpaired) electrons. The van der Waals surface area contributed by atoms with Crippen molar-refractivity contribution in [3.8, 4) is 28.3 Å². The number of benzene rings is 3. The SMILES string of the molecule is COc1ccc(C(=O)Cn2c(=O)c3cc(CC(F)(F)F)sc3n(Cc3c(F)cc(-c4ccccc4-c4noc(=O)[nH]4)cc3F)c2=O)cc1.[K]. The Balaban J connectivity index is 0.00000468. The van der Waals surface area contributed by atoms with Crippen LogP contribution in [0.1, 0.15) is 20.8 Å². The van der Waals surface area contributed by atoms with E-state index in [9.17, 15) is 32.3 Å². The minimum atomic E-state index is -4.65. The topological polar surface area (TPSA) is 129 Å². The zero-order chi connectivity index (χ0) is 34.3. The van der Waals surface area contributed by atoms with Crippen LogP contribution in [0.2, 0.25) is 0 Å². The summed E-state index contributed by atoms with van der Waals surface area (Å²) in [6.45, 7) is -1.62. The number of methoxy groups -OCH3 is 1. The number of thiophene rings is 1. The third-order valence-electron chi connectivity index (χ3n) is 7.43. The number of ketones is 1. The van der Waals surface area contributed by atoms with Gasteiger partial charge in [0.15, 0.2) is 11.6 Å². The zero-order valence-corrected chi connectivity index (χ0v) is 29.5. The molecule has 6 rings (SSSR count). The Morgan fingerprint density at radius 3 is 2.20 bits per heavy atom. The van der Waals surface area contributed by atoms with Gasteiger partial charge in [0.05, 0.1) is 32.0 Å². The summed E-state index contributed by atoms with van der Waals surface area (Å²) in [4.78, 5) is 53.5. The molecule has 10 nitrogen and oxygen atoms in total. The summed E-state index contributed by atoms with van der Waals surface area (Å²) in [5.41, 5.74) is -2.12. The number of rotatable bonds is 9. The van der Waals surface area contributed by atoms with E-state index in [0.717, 1.165) is 22.8 Å². The van der Waals surface area contributed by atoms with Crippen LogP contribution < -0.4 is 21.7 Å². The summed E-state index contributed by atoms with van der Waals surface area (Å²) in [6, 6.07) is 14.9. The molecule has 0 saturated heterocycles. The minimum absolute atomic E-state index is 0. The fraction of sp³-hybridized carbons (Fsp3) is 0.156. The van der Waals surface area contributed by atoms with Gasteiger partial charge >= 0.3 is 17.6 Å². The summed E-state index contributed by atoms with van der Waals surface area (Å²) in [5.74, 6) is -3.31. The molecular weight excluding hydrogens is 703 g/mol. The van der Waals surface area contributed by atoms with Gasteiger partial charge in [-0.05, 0) is 53.6 Å². The molecule has 0 aliphatic rings. The molecule has 0 saturated carbocycles. The summed E-state index contributed by atoms with van der Waals surface area (Å²) >= 11 is 0.481. The van der Waals surface area contributed by atoms with Crippen molar-refractivity contribution in [3.63, 3.8) is 0 Å². The molecule has 0 fully saturated rings. The van der Waals surface area contributed by atoms with Gasteiger partial charge in [0.25, 0.3) is 5.56 Å². The summed E-state index contributed by atoms with van der Waals surface area (Å²) in [6.07, 6.45) is -6.07. The van der Waals surface area contributed by atoms with Gasteiger partial charge in [-0.2, -0.15) is 13.2 Å². The zero-order valence-electron chi connectivity index (χ0n) is 25.6. The van der Waals surface area contributed by atoms with E-state index in [2.05, 4.69) is 14.7 Å².